The third-order valence-electron chi connectivity index (χ3n) is 3.82. The van der Waals surface area contributed by atoms with Gasteiger partial charge in [0.05, 0.1) is 20.3 Å². The Balaban J connectivity index is 2.10. The highest BCUT2D eigenvalue weighted by atomic mass is 16.5. The van der Waals surface area contributed by atoms with Crippen molar-refractivity contribution in [3.8, 4) is 5.75 Å². The van der Waals surface area contributed by atoms with Gasteiger partial charge in [-0.05, 0) is 24.1 Å². The number of rotatable bonds is 6. The number of nitrogens with zero attached hydrogens (tertiary/aromatic N) is 1. The van der Waals surface area contributed by atoms with Gasteiger partial charge in [0.2, 0.25) is 0 Å². The minimum Gasteiger partial charge on any atom is -0.497 e. The van der Waals surface area contributed by atoms with Gasteiger partial charge in [0.15, 0.2) is 0 Å². The van der Waals surface area contributed by atoms with Crippen molar-refractivity contribution in [2.75, 3.05) is 33.4 Å². The molecule has 19 heavy (non-hydrogen) atoms. The van der Waals surface area contributed by atoms with Gasteiger partial charge in [0.1, 0.15) is 5.75 Å². The molecule has 106 valence electrons. The molecule has 1 fully saturated rings. The van der Waals surface area contributed by atoms with Crippen LogP contribution in [0, 0.1) is 0 Å². The van der Waals surface area contributed by atoms with Crippen LogP contribution < -0.4 is 4.74 Å². The monoisotopic (exact) mass is 263 g/mol. The second kappa shape index (κ2) is 7.51. The zero-order chi connectivity index (χ0) is 13.5. The van der Waals surface area contributed by atoms with Gasteiger partial charge >= 0.3 is 0 Å². The standard InChI is InChI=1S/C16H25NO2/c1-3-4-5-16(17-10-12-19-13-11-17)14-6-8-15(18-2)9-7-14/h6-9,16H,3-5,10-13H2,1-2H3. The quantitative estimate of drug-likeness (QED) is 0.786. The Morgan fingerprint density at radius 2 is 1.89 bits per heavy atom. The lowest BCUT2D eigenvalue weighted by atomic mass is 9.99. The van der Waals surface area contributed by atoms with Gasteiger partial charge in [-0.25, -0.2) is 0 Å². The lowest BCUT2D eigenvalue weighted by molar-refractivity contribution is 0.0137. The largest absolute Gasteiger partial charge is 0.497 e. The molecule has 1 aliphatic heterocycles. The van der Waals surface area contributed by atoms with Crippen LogP contribution in [0.5, 0.6) is 5.75 Å². The lowest BCUT2D eigenvalue weighted by Gasteiger charge is -2.35. The fraction of sp³-hybridized carbons (Fsp3) is 0.625. The Morgan fingerprint density at radius 1 is 1.21 bits per heavy atom. The molecule has 1 saturated heterocycles. The summed E-state index contributed by atoms with van der Waals surface area (Å²) in [7, 11) is 1.71. The molecule has 1 unspecified atom stereocenters. The van der Waals surface area contributed by atoms with E-state index in [0.717, 1.165) is 32.1 Å². The van der Waals surface area contributed by atoms with Crippen molar-refractivity contribution < 1.29 is 9.47 Å². The van der Waals surface area contributed by atoms with Crippen molar-refractivity contribution in [3.05, 3.63) is 29.8 Å². The molecule has 1 aliphatic rings. The SMILES string of the molecule is CCCCC(c1ccc(OC)cc1)N1CCOCC1. The summed E-state index contributed by atoms with van der Waals surface area (Å²) < 4.78 is 10.7. The summed E-state index contributed by atoms with van der Waals surface area (Å²) in [5, 5.41) is 0. The van der Waals surface area contributed by atoms with Gasteiger partial charge in [-0.15, -0.1) is 0 Å². The normalized spacial score (nSPS) is 18.2. The summed E-state index contributed by atoms with van der Waals surface area (Å²) in [6.07, 6.45) is 3.74. The van der Waals surface area contributed by atoms with Crippen molar-refractivity contribution in [2.45, 2.75) is 32.2 Å². The molecular weight excluding hydrogens is 238 g/mol. The Morgan fingerprint density at radius 3 is 2.47 bits per heavy atom. The minimum atomic E-state index is 0.523. The van der Waals surface area contributed by atoms with E-state index in [1.54, 1.807) is 7.11 Å². The van der Waals surface area contributed by atoms with Gasteiger partial charge in [0.25, 0.3) is 0 Å². The molecule has 0 spiro atoms. The summed E-state index contributed by atoms with van der Waals surface area (Å²) in [5.74, 6) is 0.931. The maximum atomic E-state index is 5.47. The molecule has 0 aromatic heterocycles. The first-order chi connectivity index (χ1) is 9.35. The molecule has 1 heterocycles. The maximum absolute atomic E-state index is 5.47. The van der Waals surface area contributed by atoms with E-state index in [1.165, 1.54) is 24.8 Å². The Hall–Kier alpha value is -1.06. The second-order valence-electron chi connectivity index (χ2n) is 5.08. The van der Waals surface area contributed by atoms with Crippen LogP contribution in [0.15, 0.2) is 24.3 Å². The van der Waals surface area contributed by atoms with Gasteiger partial charge in [-0.1, -0.05) is 31.9 Å². The molecule has 0 amide bonds. The van der Waals surface area contributed by atoms with Gasteiger partial charge in [0, 0.05) is 19.1 Å². The third kappa shape index (κ3) is 3.95. The van der Waals surface area contributed by atoms with Crippen LogP contribution in [0.4, 0.5) is 0 Å². The molecule has 0 radical (unpaired) electrons. The van der Waals surface area contributed by atoms with Crippen molar-refractivity contribution in [2.24, 2.45) is 0 Å². The van der Waals surface area contributed by atoms with Gasteiger partial charge in [-0.2, -0.15) is 0 Å². The zero-order valence-corrected chi connectivity index (χ0v) is 12.1. The molecule has 1 aromatic carbocycles. The molecule has 0 N–H and O–H groups in total. The highest BCUT2D eigenvalue weighted by molar-refractivity contribution is 5.29. The highest BCUT2D eigenvalue weighted by Crippen LogP contribution is 2.28. The van der Waals surface area contributed by atoms with E-state index in [9.17, 15) is 0 Å². The predicted octanol–water partition coefficient (Wildman–Crippen LogP) is 3.26. The number of hydrogen-bond donors (Lipinski definition) is 0. The van der Waals surface area contributed by atoms with Crippen LogP contribution in [-0.4, -0.2) is 38.3 Å². The minimum absolute atomic E-state index is 0.523. The number of hydrogen-bond acceptors (Lipinski definition) is 3. The smallest absolute Gasteiger partial charge is 0.118 e. The van der Waals surface area contributed by atoms with Crippen LogP contribution in [0.3, 0.4) is 0 Å². The molecule has 3 nitrogen and oxygen atoms in total. The third-order valence-corrected chi connectivity index (χ3v) is 3.82. The van der Waals surface area contributed by atoms with E-state index < -0.39 is 0 Å². The van der Waals surface area contributed by atoms with Crippen molar-refractivity contribution in [1.29, 1.82) is 0 Å². The first-order valence-corrected chi connectivity index (χ1v) is 7.31. The fourth-order valence-electron chi connectivity index (χ4n) is 2.67. The van der Waals surface area contributed by atoms with E-state index in [4.69, 9.17) is 9.47 Å². The number of unbranched alkanes of at least 4 members (excludes halogenated alkanes) is 1. The van der Waals surface area contributed by atoms with Crippen LogP contribution >= 0.6 is 0 Å². The molecule has 1 aromatic rings. The van der Waals surface area contributed by atoms with Crippen LogP contribution in [0.25, 0.3) is 0 Å². The Bertz CT molecular complexity index is 358. The summed E-state index contributed by atoms with van der Waals surface area (Å²) in [6.45, 7) is 6.06. The second-order valence-corrected chi connectivity index (χ2v) is 5.08. The Labute approximate surface area is 116 Å². The van der Waals surface area contributed by atoms with Crippen LogP contribution in [0.1, 0.15) is 37.8 Å². The van der Waals surface area contributed by atoms with Crippen molar-refractivity contribution >= 4 is 0 Å². The topological polar surface area (TPSA) is 21.7 Å². The molecule has 0 saturated carbocycles. The van der Waals surface area contributed by atoms with Gasteiger partial charge in [-0.3, -0.25) is 4.90 Å². The van der Waals surface area contributed by atoms with E-state index in [2.05, 4.69) is 36.1 Å². The van der Waals surface area contributed by atoms with E-state index in [1.807, 2.05) is 0 Å². The number of morpholine rings is 1. The molecule has 1 atom stereocenters. The highest BCUT2D eigenvalue weighted by Gasteiger charge is 2.21. The summed E-state index contributed by atoms with van der Waals surface area (Å²) in [5.41, 5.74) is 1.40. The summed E-state index contributed by atoms with van der Waals surface area (Å²) in [6, 6.07) is 9.06. The molecular formula is C16H25NO2. The zero-order valence-electron chi connectivity index (χ0n) is 12.1. The molecule has 0 bridgehead atoms. The van der Waals surface area contributed by atoms with Crippen molar-refractivity contribution in [3.63, 3.8) is 0 Å². The fourth-order valence-corrected chi connectivity index (χ4v) is 2.67. The molecule has 2 rings (SSSR count). The number of ether oxygens (including phenoxy) is 2. The van der Waals surface area contributed by atoms with Crippen molar-refractivity contribution in [1.82, 2.24) is 4.90 Å². The van der Waals surface area contributed by atoms with Gasteiger partial charge < -0.3 is 9.47 Å². The maximum Gasteiger partial charge on any atom is 0.118 e. The van der Waals surface area contributed by atoms with E-state index in [0.29, 0.717) is 6.04 Å². The summed E-state index contributed by atoms with van der Waals surface area (Å²) >= 11 is 0. The Kier molecular flexibility index (Phi) is 5.67. The average molecular weight is 263 g/mol. The number of methoxy groups -OCH3 is 1. The predicted molar refractivity (Wildman–Crippen MR) is 77.7 cm³/mol. The first-order valence-electron chi connectivity index (χ1n) is 7.31. The van der Waals surface area contributed by atoms with E-state index >= 15 is 0 Å². The average Bonchev–Trinajstić information content (AvgIpc) is 2.49. The molecule has 0 aliphatic carbocycles. The number of benzene rings is 1. The first kappa shape index (κ1) is 14.4. The van der Waals surface area contributed by atoms with E-state index in [-0.39, 0.29) is 0 Å². The summed E-state index contributed by atoms with van der Waals surface area (Å²) in [4.78, 5) is 2.56. The molecule has 3 heteroatoms. The van der Waals surface area contributed by atoms with Crippen LogP contribution in [-0.2, 0) is 4.74 Å². The van der Waals surface area contributed by atoms with Crippen LogP contribution in [0.2, 0.25) is 0 Å². The lowest BCUT2D eigenvalue weighted by Crippen LogP contribution is -2.39.